The molecule has 72 valence electrons. The second-order valence-electron chi connectivity index (χ2n) is 2.56. The zero-order valence-corrected chi connectivity index (χ0v) is 8.95. The van der Waals surface area contributed by atoms with Gasteiger partial charge in [0.15, 0.2) is 5.82 Å². The van der Waals surface area contributed by atoms with Crippen LogP contribution in [0, 0.1) is 17.2 Å². The van der Waals surface area contributed by atoms with E-state index >= 15 is 0 Å². The van der Waals surface area contributed by atoms with Crippen LogP contribution in [-0.4, -0.2) is 15.9 Å². The second kappa shape index (κ2) is 4.67. The summed E-state index contributed by atoms with van der Waals surface area (Å²) < 4.78 is 0.587. The van der Waals surface area contributed by atoms with Gasteiger partial charge in [0.25, 0.3) is 0 Å². The van der Waals surface area contributed by atoms with E-state index < -0.39 is 5.92 Å². The lowest BCUT2D eigenvalue weighted by Crippen LogP contribution is -2.19. The van der Waals surface area contributed by atoms with Crippen LogP contribution in [0.1, 0.15) is 6.92 Å². The molecular formula is C8H7BrN4O. The number of hydrogen-bond donors (Lipinski definition) is 1. The molecule has 1 atom stereocenters. The molecule has 1 aromatic rings. The summed E-state index contributed by atoms with van der Waals surface area (Å²) in [5, 5.41) is 10.9. The van der Waals surface area contributed by atoms with Gasteiger partial charge in [-0.15, -0.1) is 0 Å². The number of nitriles is 1. The van der Waals surface area contributed by atoms with Gasteiger partial charge in [-0.1, -0.05) is 0 Å². The van der Waals surface area contributed by atoms with Crippen molar-refractivity contribution in [3.05, 3.63) is 17.0 Å². The molecule has 0 aromatic carbocycles. The van der Waals surface area contributed by atoms with Crippen molar-refractivity contribution >= 4 is 27.7 Å². The van der Waals surface area contributed by atoms with E-state index in [1.165, 1.54) is 19.3 Å². The molecule has 1 amide bonds. The molecule has 1 rings (SSSR count). The van der Waals surface area contributed by atoms with E-state index in [4.69, 9.17) is 5.26 Å². The maximum Gasteiger partial charge on any atom is 0.242 e. The predicted octanol–water partition coefficient (Wildman–Crippen LogP) is 1.34. The summed E-state index contributed by atoms with van der Waals surface area (Å²) in [5.41, 5.74) is 0. The molecule has 5 nitrogen and oxygen atoms in total. The Morgan fingerprint density at radius 2 is 2.36 bits per heavy atom. The fourth-order valence-corrected chi connectivity index (χ4v) is 0.875. The van der Waals surface area contributed by atoms with E-state index in [9.17, 15) is 4.79 Å². The number of anilines is 1. The molecule has 0 bridgehead atoms. The Labute approximate surface area is 89.3 Å². The standard InChI is InChI=1S/C8H7BrN4O/c1-5(2-10)8(14)13-7-4-11-6(9)3-12-7/h3-5H,1H3,(H,12,13,14). The summed E-state index contributed by atoms with van der Waals surface area (Å²) in [6.07, 6.45) is 2.87. The number of aromatic nitrogens is 2. The van der Waals surface area contributed by atoms with Crippen LogP contribution in [-0.2, 0) is 4.79 Å². The van der Waals surface area contributed by atoms with Gasteiger partial charge in [0.2, 0.25) is 5.91 Å². The monoisotopic (exact) mass is 254 g/mol. The van der Waals surface area contributed by atoms with Crippen LogP contribution in [0.25, 0.3) is 0 Å². The lowest BCUT2D eigenvalue weighted by molar-refractivity contribution is -0.117. The zero-order valence-electron chi connectivity index (χ0n) is 7.36. The third kappa shape index (κ3) is 2.78. The van der Waals surface area contributed by atoms with Crippen LogP contribution < -0.4 is 5.32 Å². The molecule has 0 aliphatic heterocycles. The molecule has 0 saturated heterocycles. The minimum Gasteiger partial charge on any atom is -0.308 e. The molecule has 0 aliphatic rings. The van der Waals surface area contributed by atoms with Crippen molar-refractivity contribution in [1.82, 2.24) is 9.97 Å². The van der Waals surface area contributed by atoms with Gasteiger partial charge in [-0.05, 0) is 22.9 Å². The highest BCUT2D eigenvalue weighted by Gasteiger charge is 2.11. The lowest BCUT2D eigenvalue weighted by Gasteiger charge is -2.03. The van der Waals surface area contributed by atoms with Crippen molar-refractivity contribution < 1.29 is 4.79 Å². The average molecular weight is 255 g/mol. The Hall–Kier alpha value is -1.48. The first kappa shape index (κ1) is 10.6. The molecule has 0 aliphatic carbocycles. The molecule has 1 aromatic heterocycles. The number of nitrogens with one attached hydrogen (secondary N) is 1. The molecule has 0 spiro atoms. The summed E-state index contributed by atoms with van der Waals surface area (Å²) >= 11 is 3.12. The predicted molar refractivity (Wildman–Crippen MR) is 53.1 cm³/mol. The molecule has 1 N–H and O–H groups in total. The summed E-state index contributed by atoms with van der Waals surface area (Å²) in [5.74, 6) is -0.745. The maximum absolute atomic E-state index is 11.2. The number of rotatable bonds is 2. The minimum absolute atomic E-state index is 0.334. The van der Waals surface area contributed by atoms with E-state index in [-0.39, 0.29) is 5.91 Å². The number of halogens is 1. The third-order valence-corrected chi connectivity index (χ3v) is 1.87. The van der Waals surface area contributed by atoms with Crippen molar-refractivity contribution in [2.24, 2.45) is 5.92 Å². The van der Waals surface area contributed by atoms with Crippen LogP contribution in [0.4, 0.5) is 5.82 Å². The highest BCUT2D eigenvalue weighted by molar-refractivity contribution is 9.10. The topological polar surface area (TPSA) is 78.7 Å². The molecule has 0 radical (unpaired) electrons. The third-order valence-electron chi connectivity index (χ3n) is 1.46. The normalized spacial score (nSPS) is 11.5. The molecule has 14 heavy (non-hydrogen) atoms. The Balaban J connectivity index is 2.66. The van der Waals surface area contributed by atoms with E-state index in [0.29, 0.717) is 10.4 Å². The van der Waals surface area contributed by atoms with Gasteiger partial charge in [-0.25, -0.2) is 9.97 Å². The van der Waals surface area contributed by atoms with Gasteiger partial charge >= 0.3 is 0 Å². The van der Waals surface area contributed by atoms with Gasteiger partial charge in [0.05, 0.1) is 18.5 Å². The maximum atomic E-state index is 11.2. The van der Waals surface area contributed by atoms with Crippen molar-refractivity contribution in [1.29, 1.82) is 5.26 Å². The molecule has 0 fully saturated rings. The molecule has 1 unspecified atom stereocenters. The van der Waals surface area contributed by atoms with E-state index in [0.717, 1.165) is 0 Å². The highest BCUT2D eigenvalue weighted by atomic mass is 79.9. The van der Waals surface area contributed by atoms with Crippen molar-refractivity contribution in [2.75, 3.05) is 5.32 Å². The van der Waals surface area contributed by atoms with Gasteiger partial charge in [0, 0.05) is 0 Å². The first-order valence-electron chi connectivity index (χ1n) is 3.81. The number of hydrogen-bond acceptors (Lipinski definition) is 4. The summed E-state index contributed by atoms with van der Waals surface area (Å²) in [4.78, 5) is 19.0. The van der Waals surface area contributed by atoms with E-state index in [1.807, 2.05) is 6.07 Å². The van der Waals surface area contributed by atoms with Gasteiger partial charge in [0.1, 0.15) is 10.5 Å². The van der Waals surface area contributed by atoms with Crippen LogP contribution in [0.15, 0.2) is 17.0 Å². The summed E-state index contributed by atoms with van der Waals surface area (Å²) in [6, 6.07) is 1.83. The summed E-state index contributed by atoms with van der Waals surface area (Å²) in [7, 11) is 0. The van der Waals surface area contributed by atoms with E-state index in [2.05, 4.69) is 31.2 Å². The summed E-state index contributed by atoms with van der Waals surface area (Å²) in [6.45, 7) is 1.52. The molecule has 1 heterocycles. The molecule has 6 heteroatoms. The van der Waals surface area contributed by atoms with Crippen LogP contribution in [0.3, 0.4) is 0 Å². The number of carbonyl (C=O) groups excluding carboxylic acids is 1. The first-order valence-corrected chi connectivity index (χ1v) is 4.61. The first-order chi connectivity index (χ1) is 6.63. The quantitative estimate of drug-likeness (QED) is 0.864. The second-order valence-corrected chi connectivity index (χ2v) is 3.38. The fraction of sp³-hybridized carbons (Fsp3) is 0.250. The Morgan fingerprint density at radius 3 is 2.86 bits per heavy atom. The Morgan fingerprint density at radius 1 is 1.64 bits per heavy atom. The Kier molecular flexibility index (Phi) is 3.54. The number of carbonyl (C=O) groups is 1. The van der Waals surface area contributed by atoms with Gasteiger partial charge in [-0.2, -0.15) is 5.26 Å². The molecular weight excluding hydrogens is 248 g/mol. The Bertz CT molecular complexity index is 370. The van der Waals surface area contributed by atoms with Crippen LogP contribution >= 0.6 is 15.9 Å². The molecule has 0 saturated carbocycles. The largest absolute Gasteiger partial charge is 0.308 e. The number of amides is 1. The SMILES string of the molecule is CC(C#N)C(=O)Nc1cnc(Br)cn1. The number of nitrogens with zero attached hydrogens (tertiary/aromatic N) is 3. The van der Waals surface area contributed by atoms with Crippen molar-refractivity contribution in [3.63, 3.8) is 0 Å². The van der Waals surface area contributed by atoms with Gasteiger partial charge in [-0.3, -0.25) is 4.79 Å². The van der Waals surface area contributed by atoms with E-state index in [1.54, 1.807) is 0 Å². The minimum atomic E-state index is -0.694. The zero-order chi connectivity index (χ0) is 10.6. The van der Waals surface area contributed by atoms with Crippen LogP contribution in [0.5, 0.6) is 0 Å². The highest BCUT2D eigenvalue weighted by Crippen LogP contribution is 2.07. The average Bonchev–Trinajstić information content (AvgIpc) is 2.20. The van der Waals surface area contributed by atoms with Crippen molar-refractivity contribution in [3.8, 4) is 6.07 Å². The van der Waals surface area contributed by atoms with Gasteiger partial charge < -0.3 is 5.32 Å². The van der Waals surface area contributed by atoms with Crippen molar-refractivity contribution in [2.45, 2.75) is 6.92 Å². The van der Waals surface area contributed by atoms with Crippen LogP contribution in [0.2, 0.25) is 0 Å². The lowest BCUT2D eigenvalue weighted by atomic mass is 10.2. The smallest absolute Gasteiger partial charge is 0.242 e. The fourth-order valence-electron chi connectivity index (χ4n) is 0.670.